The maximum atomic E-state index is 11.9. The summed E-state index contributed by atoms with van der Waals surface area (Å²) in [6.45, 7) is 1.43. The Labute approximate surface area is 97.3 Å². The lowest BCUT2D eigenvalue weighted by Crippen LogP contribution is -2.21. The van der Waals surface area contributed by atoms with Gasteiger partial charge in [-0.05, 0) is 25.5 Å². The molecule has 17 heavy (non-hydrogen) atoms. The zero-order chi connectivity index (χ0) is 13.3. The largest absolute Gasteiger partial charge is 0.413 e. The van der Waals surface area contributed by atoms with E-state index in [1.807, 2.05) is 0 Å². The van der Waals surface area contributed by atoms with Crippen LogP contribution in [0.15, 0.2) is 23.1 Å². The molecule has 0 bridgehead atoms. The van der Waals surface area contributed by atoms with Gasteiger partial charge in [-0.2, -0.15) is 21.6 Å². The number of aryl methyl sites for hydroxylation is 2. The van der Waals surface area contributed by atoms with E-state index in [1.54, 1.807) is 13.0 Å². The summed E-state index contributed by atoms with van der Waals surface area (Å²) in [6.07, 6.45) is -4.67. The Morgan fingerprint density at radius 1 is 1.24 bits per heavy atom. The van der Waals surface area contributed by atoms with E-state index in [0.29, 0.717) is 5.56 Å². The van der Waals surface area contributed by atoms with Gasteiger partial charge >= 0.3 is 6.18 Å². The van der Waals surface area contributed by atoms with E-state index in [4.69, 9.17) is 0 Å². The molecule has 0 unspecified atom stereocenters. The van der Waals surface area contributed by atoms with Crippen molar-refractivity contribution in [1.29, 1.82) is 0 Å². The monoisotopic (exact) mass is 268 g/mol. The molecule has 0 saturated heterocycles. The van der Waals surface area contributed by atoms with Gasteiger partial charge in [-0.1, -0.05) is 17.7 Å². The second kappa shape index (κ2) is 4.66. The third kappa shape index (κ3) is 4.01. The van der Waals surface area contributed by atoms with Crippen LogP contribution in [-0.4, -0.2) is 21.2 Å². The SMILES string of the molecule is Cc1ccc(S(=O)(=O)OCC(F)(F)F)c(C)c1. The van der Waals surface area contributed by atoms with Gasteiger partial charge in [-0.3, -0.25) is 4.18 Å². The molecule has 3 nitrogen and oxygen atoms in total. The Morgan fingerprint density at radius 3 is 2.29 bits per heavy atom. The summed E-state index contributed by atoms with van der Waals surface area (Å²) >= 11 is 0. The van der Waals surface area contributed by atoms with E-state index in [2.05, 4.69) is 4.18 Å². The molecule has 0 radical (unpaired) electrons. The van der Waals surface area contributed by atoms with Crippen molar-refractivity contribution in [3.05, 3.63) is 29.3 Å². The summed E-state index contributed by atoms with van der Waals surface area (Å²) < 4.78 is 62.6. The average Bonchev–Trinajstić information content (AvgIpc) is 2.13. The Bertz CT molecular complexity index is 506. The van der Waals surface area contributed by atoms with Gasteiger partial charge in [0.25, 0.3) is 10.1 Å². The normalized spacial score (nSPS) is 12.8. The van der Waals surface area contributed by atoms with Gasteiger partial charge in [0.2, 0.25) is 0 Å². The zero-order valence-corrected chi connectivity index (χ0v) is 10.0. The van der Waals surface area contributed by atoms with Crippen molar-refractivity contribution in [2.24, 2.45) is 0 Å². The molecule has 1 rings (SSSR count). The highest BCUT2D eigenvalue weighted by Gasteiger charge is 2.31. The van der Waals surface area contributed by atoms with Gasteiger partial charge < -0.3 is 0 Å². The van der Waals surface area contributed by atoms with E-state index >= 15 is 0 Å². The number of hydrogen-bond donors (Lipinski definition) is 0. The molecule has 0 fully saturated rings. The minimum atomic E-state index is -4.67. The van der Waals surface area contributed by atoms with Crippen LogP contribution in [0.25, 0.3) is 0 Å². The Morgan fingerprint density at radius 2 is 1.82 bits per heavy atom. The maximum Gasteiger partial charge on any atom is 0.413 e. The molecule has 0 aliphatic heterocycles. The standard InChI is InChI=1S/C10H11F3O3S/c1-7-3-4-9(8(2)5-7)17(14,15)16-6-10(11,12)13/h3-5H,6H2,1-2H3. The molecule has 0 amide bonds. The highest BCUT2D eigenvalue weighted by molar-refractivity contribution is 7.86. The molecule has 1 aromatic rings. The highest BCUT2D eigenvalue weighted by Crippen LogP contribution is 2.22. The van der Waals surface area contributed by atoms with E-state index in [1.165, 1.54) is 19.1 Å². The zero-order valence-electron chi connectivity index (χ0n) is 9.21. The van der Waals surface area contributed by atoms with Crippen LogP contribution in [-0.2, 0) is 14.3 Å². The van der Waals surface area contributed by atoms with Crippen molar-refractivity contribution in [2.75, 3.05) is 6.61 Å². The quantitative estimate of drug-likeness (QED) is 0.791. The molecule has 1 aromatic carbocycles. The van der Waals surface area contributed by atoms with E-state index < -0.39 is 22.9 Å². The predicted octanol–water partition coefficient (Wildman–Crippen LogP) is 2.57. The smallest absolute Gasteiger partial charge is 0.257 e. The fourth-order valence-corrected chi connectivity index (χ4v) is 2.39. The van der Waals surface area contributed by atoms with Gasteiger partial charge in [0, 0.05) is 0 Å². The Kier molecular flexibility index (Phi) is 3.83. The first kappa shape index (κ1) is 14.0. The molecule has 0 aromatic heterocycles. The fourth-order valence-electron chi connectivity index (χ4n) is 1.29. The summed E-state index contributed by atoms with van der Waals surface area (Å²) in [6, 6.07) is 4.29. The molecule has 0 saturated carbocycles. The van der Waals surface area contributed by atoms with Gasteiger partial charge in [-0.15, -0.1) is 0 Å². The second-order valence-corrected chi connectivity index (χ2v) is 5.18. The Balaban J connectivity index is 2.98. The first-order chi connectivity index (χ1) is 7.62. The first-order valence-electron chi connectivity index (χ1n) is 4.65. The summed E-state index contributed by atoms with van der Waals surface area (Å²) in [7, 11) is -4.36. The molecule has 0 aliphatic carbocycles. The molecule has 0 heterocycles. The van der Waals surface area contributed by atoms with Crippen molar-refractivity contribution in [2.45, 2.75) is 24.9 Å². The third-order valence-electron chi connectivity index (χ3n) is 1.98. The lowest BCUT2D eigenvalue weighted by atomic mass is 10.2. The number of halogens is 3. The van der Waals surface area contributed by atoms with Crippen LogP contribution in [0.4, 0.5) is 13.2 Å². The van der Waals surface area contributed by atoms with Crippen molar-refractivity contribution in [1.82, 2.24) is 0 Å². The van der Waals surface area contributed by atoms with Crippen molar-refractivity contribution in [3.8, 4) is 0 Å². The number of hydrogen-bond acceptors (Lipinski definition) is 3. The molecule has 96 valence electrons. The average molecular weight is 268 g/mol. The first-order valence-corrected chi connectivity index (χ1v) is 6.06. The summed E-state index contributed by atoms with van der Waals surface area (Å²) in [5, 5.41) is 0. The second-order valence-electron chi connectivity index (χ2n) is 3.60. The Hall–Kier alpha value is -1.08. The van der Waals surface area contributed by atoms with Gasteiger partial charge in [0.15, 0.2) is 6.61 Å². The summed E-state index contributed by atoms with van der Waals surface area (Å²) in [5.74, 6) is 0. The van der Waals surface area contributed by atoms with Crippen LogP contribution in [0, 0.1) is 13.8 Å². The van der Waals surface area contributed by atoms with Gasteiger partial charge in [0.05, 0.1) is 4.90 Å². The number of benzene rings is 1. The van der Waals surface area contributed by atoms with Gasteiger partial charge in [-0.25, -0.2) is 0 Å². The third-order valence-corrected chi connectivity index (χ3v) is 3.40. The van der Waals surface area contributed by atoms with Crippen LogP contribution >= 0.6 is 0 Å². The van der Waals surface area contributed by atoms with Crippen LogP contribution in [0.2, 0.25) is 0 Å². The van der Waals surface area contributed by atoms with Crippen LogP contribution < -0.4 is 0 Å². The molecular formula is C10H11F3O3S. The molecule has 0 N–H and O–H groups in total. The lowest BCUT2D eigenvalue weighted by Gasteiger charge is -2.10. The molecule has 0 spiro atoms. The number of rotatable bonds is 3. The fraction of sp³-hybridized carbons (Fsp3) is 0.400. The lowest BCUT2D eigenvalue weighted by molar-refractivity contribution is -0.152. The molecular weight excluding hydrogens is 257 g/mol. The van der Waals surface area contributed by atoms with Crippen molar-refractivity contribution in [3.63, 3.8) is 0 Å². The minimum Gasteiger partial charge on any atom is -0.257 e. The van der Waals surface area contributed by atoms with E-state index in [9.17, 15) is 21.6 Å². The predicted molar refractivity (Wildman–Crippen MR) is 55.1 cm³/mol. The molecule has 0 atom stereocenters. The van der Waals surface area contributed by atoms with Crippen LogP contribution in [0.3, 0.4) is 0 Å². The van der Waals surface area contributed by atoms with Crippen molar-refractivity contribution < 1.29 is 25.8 Å². The van der Waals surface area contributed by atoms with Gasteiger partial charge in [0.1, 0.15) is 0 Å². The molecule has 0 aliphatic rings. The minimum absolute atomic E-state index is 0.243. The van der Waals surface area contributed by atoms with Crippen molar-refractivity contribution >= 4 is 10.1 Å². The summed E-state index contributed by atoms with van der Waals surface area (Å²) in [5.41, 5.74) is 1.17. The topological polar surface area (TPSA) is 43.4 Å². The summed E-state index contributed by atoms with van der Waals surface area (Å²) in [4.78, 5) is -0.243. The molecule has 7 heteroatoms. The van der Waals surface area contributed by atoms with Crippen LogP contribution in [0.1, 0.15) is 11.1 Å². The van der Waals surface area contributed by atoms with E-state index in [-0.39, 0.29) is 4.90 Å². The highest BCUT2D eigenvalue weighted by atomic mass is 32.2. The maximum absolute atomic E-state index is 11.9. The number of alkyl halides is 3. The van der Waals surface area contributed by atoms with E-state index in [0.717, 1.165) is 5.56 Å². The van der Waals surface area contributed by atoms with Crippen LogP contribution in [0.5, 0.6) is 0 Å².